The summed E-state index contributed by atoms with van der Waals surface area (Å²) in [6, 6.07) is 22.5. The Morgan fingerprint density at radius 2 is 1.59 bits per heavy atom. The summed E-state index contributed by atoms with van der Waals surface area (Å²) in [7, 11) is 1.61. The average molecular weight is 471 g/mol. The molecule has 1 aliphatic heterocycles. The van der Waals surface area contributed by atoms with Crippen LogP contribution in [0.5, 0.6) is 5.75 Å². The molecule has 4 rings (SSSR count). The SMILES string of the molecule is COc1ccccc1CNC(=O)N1CCC1OC(c1ccccc1Cl)c1ccccc1Cl. The topological polar surface area (TPSA) is 50.8 Å². The summed E-state index contributed by atoms with van der Waals surface area (Å²) in [5.74, 6) is 0.738. The molecule has 0 bridgehead atoms. The molecule has 5 nitrogen and oxygen atoms in total. The first-order chi connectivity index (χ1) is 15.6. The molecule has 166 valence electrons. The standard InChI is InChI=1S/C25H24Cl2N2O3/c1-31-22-13-7-2-8-17(22)16-28-25(30)29-15-14-23(29)32-24(18-9-3-5-11-20(18)26)19-10-4-6-12-21(19)27/h2-13,23-24H,14-16H2,1H3,(H,28,30). The van der Waals surface area contributed by atoms with E-state index in [0.717, 1.165) is 28.9 Å². The molecule has 1 unspecified atom stereocenters. The van der Waals surface area contributed by atoms with Gasteiger partial charge in [-0.1, -0.05) is 77.8 Å². The number of carbonyl (C=O) groups is 1. The Kier molecular flexibility index (Phi) is 7.20. The van der Waals surface area contributed by atoms with E-state index in [0.29, 0.717) is 23.1 Å². The normalized spacial score (nSPS) is 15.4. The fourth-order valence-corrected chi connectivity index (χ4v) is 4.18. The van der Waals surface area contributed by atoms with Crippen LogP contribution in [0.25, 0.3) is 0 Å². The number of hydrogen-bond donors (Lipinski definition) is 1. The summed E-state index contributed by atoms with van der Waals surface area (Å²) < 4.78 is 11.8. The predicted octanol–water partition coefficient (Wildman–Crippen LogP) is 6.05. The van der Waals surface area contributed by atoms with Crippen molar-refractivity contribution in [1.29, 1.82) is 0 Å². The van der Waals surface area contributed by atoms with Crippen molar-refractivity contribution < 1.29 is 14.3 Å². The second-order valence-corrected chi connectivity index (χ2v) is 8.28. The summed E-state index contributed by atoms with van der Waals surface area (Å²) in [4.78, 5) is 14.5. The van der Waals surface area contributed by atoms with Crippen LogP contribution >= 0.6 is 23.2 Å². The number of rotatable bonds is 7. The molecular formula is C25H24Cl2N2O3. The van der Waals surface area contributed by atoms with Gasteiger partial charge in [-0.25, -0.2) is 4.79 Å². The lowest BCUT2D eigenvalue weighted by Crippen LogP contribution is -2.56. The van der Waals surface area contributed by atoms with Gasteiger partial charge in [-0.3, -0.25) is 4.90 Å². The summed E-state index contributed by atoms with van der Waals surface area (Å²) in [5.41, 5.74) is 2.53. The molecule has 0 spiro atoms. The van der Waals surface area contributed by atoms with Gasteiger partial charge in [0.15, 0.2) is 0 Å². The highest BCUT2D eigenvalue weighted by Gasteiger charge is 2.36. The van der Waals surface area contributed by atoms with E-state index in [-0.39, 0.29) is 12.3 Å². The number of methoxy groups -OCH3 is 1. The number of urea groups is 1. The van der Waals surface area contributed by atoms with Crippen LogP contribution in [0.2, 0.25) is 10.0 Å². The maximum absolute atomic E-state index is 12.8. The van der Waals surface area contributed by atoms with E-state index in [2.05, 4.69) is 5.32 Å². The number of nitrogens with one attached hydrogen (secondary N) is 1. The van der Waals surface area contributed by atoms with E-state index in [1.54, 1.807) is 12.0 Å². The molecule has 1 atom stereocenters. The molecule has 1 aliphatic rings. The Labute approximate surface area is 197 Å². The number of amides is 2. The molecular weight excluding hydrogens is 447 g/mol. The van der Waals surface area contributed by atoms with Crippen LogP contribution in [-0.4, -0.2) is 30.8 Å². The number of likely N-dealkylation sites (tertiary alicyclic amines) is 1. The third-order valence-corrected chi connectivity index (χ3v) is 6.20. The summed E-state index contributed by atoms with van der Waals surface area (Å²) in [6.07, 6.45) is -0.148. The zero-order chi connectivity index (χ0) is 22.5. The van der Waals surface area contributed by atoms with Crippen LogP contribution in [0.1, 0.15) is 29.2 Å². The highest BCUT2D eigenvalue weighted by atomic mass is 35.5. The van der Waals surface area contributed by atoms with Gasteiger partial charge in [-0.2, -0.15) is 0 Å². The molecule has 1 heterocycles. The molecule has 3 aromatic carbocycles. The van der Waals surface area contributed by atoms with Crippen LogP contribution in [0, 0.1) is 0 Å². The lowest BCUT2D eigenvalue weighted by molar-refractivity contribution is -0.120. The zero-order valence-corrected chi connectivity index (χ0v) is 19.1. The van der Waals surface area contributed by atoms with Crippen LogP contribution in [0.3, 0.4) is 0 Å². The largest absolute Gasteiger partial charge is 0.496 e. The van der Waals surface area contributed by atoms with E-state index >= 15 is 0 Å². The number of benzene rings is 3. The molecule has 0 aromatic heterocycles. The minimum atomic E-state index is -0.493. The minimum Gasteiger partial charge on any atom is -0.496 e. The number of ether oxygens (including phenoxy) is 2. The summed E-state index contributed by atoms with van der Waals surface area (Å²) in [5, 5.41) is 4.13. The van der Waals surface area contributed by atoms with Gasteiger partial charge in [0, 0.05) is 46.2 Å². The molecule has 7 heteroatoms. The Balaban J connectivity index is 1.49. The van der Waals surface area contributed by atoms with Crippen LogP contribution in [-0.2, 0) is 11.3 Å². The van der Waals surface area contributed by atoms with Gasteiger partial charge in [0.2, 0.25) is 0 Å². The second kappa shape index (κ2) is 10.3. The van der Waals surface area contributed by atoms with Crippen LogP contribution < -0.4 is 10.1 Å². The van der Waals surface area contributed by atoms with E-state index in [9.17, 15) is 4.79 Å². The van der Waals surface area contributed by atoms with Crippen LogP contribution in [0.4, 0.5) is 4.79 Å². The smallest absolute Gasteiger partial charge is 0.319 e. The fraction of sp³-hybridized carbons (Fsp3) is 0.240. The third kappa shape index (κ3) is 4.85. The number of para-hydroxylation sites is 1. The highest BCUT2D eigenvalue weighted by molar-refractivity contribution is 6.32. The van der Waals surface area contributed by atoms with Crippen molar-refractivity contribution in [3.8, 4) is 5.75 Å². The summed E-state index contributed by atoms with van der Waals surface area (Å²) in [6.45, 7) is 0.977. The number of halogens is 2. The molecule has 0 saturated carbocycles. The summed E-state index contributed by atoms with van der Waals surface area (Å²) >= 11 is 13.0. The third-order valence-electron chi connectivity index (χ3n) is 5.52. The van der Waals surface area contributed by atoms with E-state index in [1.807, 2.05) is 72.8 Å². The maximum atomic E-state index is 12.8. The molecule has 1 fully saturated rings. The number of carbonyl (C=O) groups excluding carboxylic acids is 1. The molecule has 1 saturated heterocycles. The average Bonchev–Trinajstić information content (AvgIpc) is 2.79. The predicted molar refractivity (Wildman–Crippen MR) is 126 cm³/mol. The quantitative estimate of drug-likeness (QED) is 0.457. The minimum absolute atomic E-state index is 0.191. The van der Waals surface area contributed by atoms with Crippen molar-refractivity contribution in [3.05, 3.63) is 99.5 Å². The Hall–Kier alpha value is -2.73. The van der Waals surface area contributed by atoms with Gasteiger partial charge >= 0.3 is 6.03 Å². The van der Waals surface area contributed by atoms with E-state index < -0.39 is 6.10 Å². The van der Waals surface area contributed by atoms with E-state index in [1.165, 1.54) is 0 Å². The molecule has 0 radical (unpaired) electrons. The van der Waals surface area contributed by atoms with Gasteiger partial charge in [-0.05, 0) is 18.2 Å². The van der Waals surface area contributed by atoms with Crippen molar-refractivity contribution in [2.75, 3.05) is 13.7 Å². The number of hydrogen-bond acceptors (Lipinski definition) is 3. The van der Waals surface area contributed by atoms with Crippen molar-refractivity contribution in [1.82, 2.24) is 10.2 Å². The zero-order valence-electron chi connectivity index (χ0n) is 17.6. The molecule has 0 aliphatic carbocycles. The second-order valence-electron chi connectivity index (χ2n) is 7.47. The first-order valence-electron chi connectivity index (χ1n) is 10.4. The lowest BCUT2D eigenvalue weighted by Gasteiger charge is -2.42. The van der Waals surface area contributed by atoms with Gasteiger partial charge in [-0.15, -0.1) is 0 Å². The Morgan fingerprint density at radius 3 is 2.16 bits per heavy atom. The first kappa shape index (κ1) is 22.5. The first-order valence-corrected chi connectivity index (χ1v) is 11.1. The maximum Gasteiger partial charge on any atom is 0.319 e. The van der Waals surface area contributed by atoms with E-state index in [4.69, 9.17) is 32.7 Å². The van der Waals surface area contributed by atoms with Crippen molar-refractivity contribution in [3.63, 3.8) is 0 Å². The van der Waals surface area contributed by atoms with Crippen LogP contribution in [0.15, 0.2) is 72.8 Å². The van der Waals surface area contributed by atoms with Gasteiger partial charge in [0.1, 0.15) is 18.1 Å². The number of nitrogens with zero attached hydrogens (tertiary/aromatic N) is 1. The van der Waals surface area contributed by atoms with Gasteiger partial charge in [0.25, 0.3) is 0 Å². The molecule has 2 amide bonds. The molecule has 3 aromatic rings. The molecule has 32 heavy (non-hydrogen) atoms. The van der Waals surface area contributed by atoms with Crippen molar-refractivity contribution in [2.45, 2.75) is 25.3 Å². The van der Waals surface area contributed by atoms with Gasteiger partial charge in [0.05, 0.1) is 7.11 Å². The van der Waals surface area contributed by atoms with Crippen molar-refractivity contribution >= 4 is 29.2 Å². The monoisotopic (exact) mass is 470 g/mol. The van der Waals surface area contributed by atoms with Gasteiger partial charge < -0.3 is 14.8 Å². The lowest BCUT2D eigenvalue weighted by atomic mass is 10.0. The van der Waals surface area contributed by atoms with Crippen molar-refractivity contribution in [2.24, 2.45) is 0 Å². The highest BCUT2D eigenvalue weighted by Crippen LogP contribution is 2.38. The fourth-order valence-electron chi connectivity index (χ4n) is 3.71. The molecule has 1 N–H and O–H groups in total. The Bertz CT molecular complexity index is 1050. The Morgan fingerprint density at radius 1 is 1.00 bits per heavy atom.